The molecule has 0 aliphatic heterocycles. The smallest absolute Gasteiger partial charge is 0.356 e. The van der Waals surface area contributed by atoms with E-state index in [4.69, 9.17) is 16.1 Å². The van der Waals surface area contributed by atoms with Crippen LogP contribution < -0.4 is 11.2 Å². The molecule has 0 unspecified atom stereocenters. The highest BCUT2D eigenvalue weighted by Crippen LogP contribution is 2.32. The Morgan fingerprint density at radius 2 is 1.50 bits per heavy atom. The van der Waals surface area contributed by atoms with Crippen LogP contribution in [-0.2, 0) is 6.54 Å². The Morgan fingerprint density at radius 1 is 0.806 bits per heavy atom. The molecule has 0 radical (unpaired) electrons. The molecule has 0 amide bonds. The molecule has 4 heterocycles. The van der Waals surface area contributed by atoms with Crippen molar-refractivity contribution in [1.82, 2.24) is 29.5 Å². The summed E-state index contributed by atoms with van der Waals surface area (Å²) in [7, 11) is 0. The van der Waals surface area contributed by atoms with E-state index in [-0.39, 0.29) is 12.1 Å². The van der Waals surface area contributed by atoms with Gasteiger partial charge in [-0.25, -0.2) is 14.6 Å². The Hall–Kier alpha value is -4.76. The van der Waals surface area contributed by atoms with Gasteiger partial charge in [0.05, 0.1) is 18.3 Å². The highest BCUT2D eigenvalue weighted by atomic mass is 35.5. The Morgan fingerprint density at radius 3 is 2.19 bits per heavy atom. The monoisotopic (exact) mass is 496 g/mol. The summed E-state index contributed by atoms with van der Waals surface area (Å²) < 4.78 is 7.88. The third-order valence-corrected chi connectivity index (χ3v) is 6.18. The second-order valence-corrected chi connectivity index (χ2v) is 8.53. The van der Waals surface area contributed by atoms with Gasteiger partial charge in [0, 0.05) is 34.6 Å². The van der Waals surface area contributed by atoms with Gasteiger partial charge in [-0.05, 0) is 41.0 Å². The molecule has 0 fully saturated rings. The molecule has 1 N–H and O–H groups in total. The minimum absolute atomic E-state index is 0.142. The van der Waals surface area contributed by atoms with Crippen molar-refractivity contribution in [2.45, 2.75) is 6.54 Å². The second kappa shape index (κ2) is 8.79. The van der Waals surface area contributed by atoms with Crippen LogP contribution in [0.25, 0.3) is 39.2 Å². The van der Waals surface area contributed by atoms with Crippen LogP contribution >= 0.6 is 11.6 Å². The molecule has 176 valence electrons. The summed E-state index contributed by atoms with van der Waals surface area (Å²) in [6.45, 7) is 0.142. The largest absolute Gasteiger partial charge is 0.363 e. The van der Waals surface area contributed by atoms with Gasteiger partial charge in [-0.2, -0.15) is 9.61 Å². The standard InChI is InChI=1S/C26H17ClN6O3/c27-20-7-5-18(6-8-20)23-22(19-9-12-28-13-10-19)24-30-31-26(35)33(24)32(25(23)34)15-16-1-3-17(4-2-16)21-11-14-29-36-21/h1-14H,15H2,(H,31,35). The van der Waals surface area contributed by atoms with E-state index in [9.17, 15) is 9.59 Å². The molecule has 0 saturated carbocycles. The number of pyridine rings is 1. The summed E-state index contributed by atoms with van der Waals surface area (Å²) in [6.07, 6.45) is 4.83. The van der Waals surface area contributed by atoms with Gasteiger partial charge in [0.2, 0.25) is 0 Å². The predicted molar refractivity (Wildman–Crippen MR) is 135 cm³/mol. The maximum absolute atomic E-state index is 14.1. The average molecular weight is 497 g/mol. The van der Waals surface area contributed by atoms with Crippen molar-refractivity contribution in [1.29, 1.82) is 0 Å². The van der Waals surface area contributed by atoms with E-state index in [1.807, 2.05) is 24.3 Å². The first-order valence-electron chi connectivity index (χ1n) is 11.0. The summed E-state index contributed by atoms with van der Waals surface area (Å²) in [4.78, 5) is 31.0. The second-order valence-electron chi connectivity index (χ2n) is 8.09. The number of aromatic amines is 1. The topological polar surface area (TPSA) is 111 Å². The van der Waals surface area contributed by atoms with Crippen LogP contribution in [0.2, 0.25) is 5.02 Å². The third kappa shape index (κ3) is 3.71. The summed E-state index contributed by atoms with van der Waals surface area (Å²) >= 11 is 6.12. The third-order valence-electron chi connectivity index (χ3n) is 5.92. The number of fused-ring (bicyclic) bond motifs is 1. The van der Waals surface area contributed by atoms with Gasteiger partial charge in [0.15, 0.2) is 11.4 Å². The molecule has 0 saturated heterocycles. The lowest BCUT2D eigenvalue weighted by Gasteiger charge is -2.16. The van der Waals surface area contributed by atoms with Crippen molar-refractivity contribution in [3.8, 4) is 33.6 Å². The van der Waals surface area contributed by atoms with Gasteiger partial charge in [-0.15, -0.1) is 0 Å². The SMILES string of the molecule is O=c1c(-c2ccc(Cl)cc2)c(-c2ccncc2)c2n[nH]c(=O)n2n1Cc1ccc(-c2ccno2)cc1. The summed E-state index contributed by atoms with van der Waals surface area (Å²) in [6, 6.07) is 19.8. The molecule has 0 bridgehead atoms. The molecule has 36 heavy (non-hydrogen) atoms. The number of halogens is 1. The number of hydrogen-bond acceptors (Lipinski definition) is 6. The number of hydrogen-bond donors (Lipinski definition) is 1. The van der Waals surface area contributed by atoms with Crippen molar-refractivity contribution >= 4 is 17.2 Å². The quantitative estimate of drug-likeness (QED) is 0.381. The number of nitrogens with zero attached hydrogens (tertiary/aromatic N) is 5. The highest BCUT2D eigenvalue weighted by molar-refractivity contribution is 6.30. The lowest BCUT2D eigenvalue weighted by Crippen LogP contribution is -2.33. The van der Waals surface area contributed by atoms with Gasteiger partial charge < -0.3 is 4.52 Å². The first-order valence-corrected chi connectivity index (χ1v) is 11.4. The number of aromatic nitrogens is 6. The number of rotatable bonds is 5. The lowest BCUT2D eigenvalue weighted by atomic mass is 9.97. The van der Waals surface area contributed by atoms with Crippen LogP contribution in [0.15, 0.2) is 99.4 Å². The number of H-pyrrole nitrogens is 1. The van der Waals surface area contributed by atoms with E-state index < -0.39 is 5.69 Å². The van der Waals surface area contributed by atoms with E-state index >= 15 is 0 Å². The minimum Gasteiger partial charge on any atom is -0.356 e. The molecule has 10 heteroatoms. The van der Waals surface area contributed by atoms with Gasteiger partial charge >= 0.3 is 5.69 Å². The summed E-state index contributed by atoms with van der Waals surface area (Å²) in [5, 5.41) is 11.1. The number of benzene rings is 2. The van der Waals surface area contributed by atoms with Gasteiger partial charge in [-0.1, -0.05) is 53.2 Å². The molecule has 0 spiro atoms. The van der Waals surface area contributed by atoms with Crippen LogP contribution in [0.4, 0.5) is 0 Å². The Bertz CT molecular complexity index is 1790. The van der Waals surface area contributed by atoms with E-state index in [1.165, 1.54) is 9.20 Å². The first-order chi connectivity index (χ1) is 17.6. The van der Waals surface area contributed by atoms with E-state index in [0.717, 1.165) is 11.1 Å². The summed E-state index contributed by atoms with van der Waals surface area (Å²) in [5.74, 6) is 0.638. The van der Waals surface area contributed by atoms with Crippen LogP contribution in [-0.4, -0.2) is 29.5 Å². The molecule has 2 aromatic carbocycles. The van der Waals surface area contributed by atoms with Gasteiger partial charge in [0.25, 0.3) is 5.56 Å². The number of nitrogens with one attached hydrogen (secondary N) is 1. The molecule has 6 rings (SSSR count). The molecule has 0 atom stereocenters. The summed E-state index contributed by atoms with van der Waals surface area (Å²) in [5.41, 5.74) is 3.43. The van der Waals surface area contributed by atoms with Crippen molar-refractivity contribution in [2.75, 3.05) is 0 Å². The Balaban J connectivity index is 1.58. The molecular formula is C26H17ClN6O3. The molecule has 6 aromatic rings. The Kier molecular flexibility index (Phi) is 5.31. The first kappa shape index (κ1) is 21.8. The van der Waals surface area contributed by atoms with Crippen LogP contribution in [0.3, 0.4) is 0 Å². The van der Waals surface area contributed by atoms with Crippen molar-refractivity contribution < 1.29 is 4.52 Å². The molecular weight excluding hydrogens is 480 g/mol. The van der Waals surface area contributed by atoms with E-state index in [2.05, 4.69) is 20.3 Å². The zero-order valence-electron chi connectivity index (χ0n) is 18.6. The zero-order valence-corrected chi connectivity index (χ0v) is 19.4. The predicted octanol–water partition coefficient (Wildman–Crippen LogP) is 4.27. The van der Waals surface area contributed by atoms with Crippen LogP contribution in [0.5, 0.6) is 0 Å². The van der Waals surface area contributed by atoms with Gasteiger partial charge in [-0.3, -0.25) is 9.78 Å². The van der Waals surface area contributed by atoms with E-state index in [0.29, 0.717) is 38.7 Å². The highest BCUT2D eigenvalue weighted by Gasteiger charge is 2.23. The molecule has 0 aliphatic carbocycles. The van der Waals surface area contributed by atoms with Crippen LogP contribution in [0, 0.1) is 0 Å². The maximum Gasteiger partial charge on any atom is 0.363 e. The lowest BCUT2D eigenvalue weighted by molar-refractivity contribution is 0.432. The molecule has 0 aliphatic rings. The molecule has 9 nitrogen and oxygen atoms in total. The molecule has 4 aromatic heterocycles. The fraction of sp³-hybridized carbons (Fsp3) is 0.0385. The normalized spacial score (nSPS) is 11.2. The maximum atomic E-state index is 14.1. The minimum atomic E-state index is -0.515. The zero-order chi connectivity index (χ0) is 24.6. The fourth-order valence-corrected chi connectivity index (χ4v) is 4.37. The fourth-order valence-electron chi connectivity index (χ4n) is 4.25. The average Bonchev–Trinajstić information content (AvgIpc) is 3.58. The van der Waals surface area contributed by atoms with E-state index in [1.54, 1.807) is 61.1 Å². The van der Waals surface area contributed by atoms with Crippen molar-refractivity contribution in [3.63, 3.8) is 0 Å². The van der Waals surface area contributed by atoms with Crippen molar-refractivity contribution in [3.05, 3.63) is 117 Å². The van der Waals surface area contributed by atoms with Crippen LogP contribution in [0.1, 0.15) is 5.56 Å². The van der Waals surface area contributed by atoms with Gasteiger partial charge in [0.1, 0.15) is 0 Å². The Labute approximate surface area is 208 Å². The van der Waals surface area contributed by atoms with Crippen molar-refractivity contribution in [2.24, 2.45) is 0 Å².